The van der Waals surface area contributed by atoms with E-state index in [1.165, 1.54) is 11.1 Å². The maximum atomic E-state index is 12.7. The summed E-state index contributed by atoms with van der Waals surface area (Å²) in [6.45, 7) is 11.8. The summed E-state index contributed by atoms with van der Waals surface area (Å²) >= 11 is 0. The van der Waals surface area contributed by atoms with Gasteiger partial charge in [-0.15, -0.1) is 0 Å². The Labute approximate surface area is 199 Å². The second-order valence-electron chi connectivity index (χ2n) is 10.3. The van der Waals surface area contributed by atoms with Crippen molar-refractivity contribution in [3.63, 3.8) is 0 Å². The van der Waals surface area contributed by atoms with E-state index in [1.807, 2.05) is 35.2 Å². The molecule has 178 valence electrons. The topological polar surface area (TPSA) is 47.0 Å². The minimum Gasteiger partial charge on any atom is -0.388 e. The van der Waals surface area contributed by atoms with E-state index in [0.29, 0.717) is 12.1 Å². The number of piperazine rings is 1. The lowest BCUT2D eigenvalue weighted by Crippen LogP contribution is -2.51. The van der Waals surface area contributed by atoms with E-state index in [4.69, 9.17) is 0 Å². The zero-order valence-electron chi connectivity index (χ0n) is 20.4. The first-order valence-electron chi connectivity index (χ1n) is 12.5. The Hall–Kier alpha value is -2.21. The summed E-state index contributed by atoms with van der Waals surface area (Å²) in [5.74, 6) is 0.136. The van der Waals surface area contributed by atoms with Crippen molar-refractivity contribution in [2.24, 2.45) is 0 Å². The molecular formula is C28H39N3O2. The monoisotopic (exact) mass is 449 g/mol. The predicted octanol–water partition coefficient (Wildman–Crippen LogP) is 3.46. The summed E-state index contributed by atoms with van der Waals surface area (Å²) in [6.07, 6.45) is 2.55. The van der Waals surface area contributed by atoms with E-state index in [-0.39, 0.29) is 5.91 Å². The fourth-order valence-corrected chi connectivity index (χ4v) is 5.32. The number of amides is 1. The number of carbonyl (C=O) groups is 1. The van der Waals surface area contributed by atoms with Crippen LogP contribution in [0.3, 0.4) is 0 Å². The standard InChI is InChI=1S/C28H39N3O2/c1-22(2)31-13-12-28(33,21-31)20-25-9-7-8-24(19-25)18-23(3)29-14-16-30(17-15-29)27(32)26-10-5-4-6-11-26/h4-11,19,22-23,33H,12-18,20-21H2,1-3H3. The molecule has 0 bridgehead atoms. The normalized spacial score (nSPS) is 23.2. The Morgan fingerprint density at radius 1 is 0.909 bits per heavy atom. The Morgan fingerprint density at radius 2 is 1.61 bits per heavy atom. The van der Waals surface area contributed by atoms with Gasteiger partial charge in [0.2, 0.25) is 0 Å². The van der Waals surface area contributed by atoms with Crippen molar-refractivity contribution >= 4 is 5.91 Å². The van der Waals surface area contributed by atoms with E-state index < -0.39 is 5.60 Å². The van der Waals surface area contributed by atoms with Gasteiger partial charge in [0.15, 0.2) is 0 Å². The van der Waals surface area contributed by atoms with Crippen LogP contribution in [-0.4, -0.2) is 82.7 Å². The van der Waals surface area contributed by atoms with Gasteiger partial charge in [0.1, 0.15) is 0 Å². The van der Waals surface area contributed by atoms with E-state index in [1.54, 1.807) is 0 Å². The van der Waals surface area contributed by atoms with Crippen molar-refractivity contribution < 1.29 is 9.90 Å². The Balaban J connectivity index is 1.30. The third-order valence-electron chi connectivity index (χ3n) is 7.39. The van der Waals surface area contributed by atoms with Gasteiger partial charge in [-0.05, 0) is 56.9 Å². The van der Waals surface area contributed by atoms with Gasteiger partial charge in [0.25, 0.3) is 5.91 Å². The number of hydrogen-bond acceptors (Lipinski definition) is 4. The number of likely N-dealkylation sites (tertiary alicyclic amines) is 1. The molecule has 2 aliphatic rings. The van der Waals surface area contributed by atoms with Crippen LogP contribution in [0.2, 0.25) is 0 Å². The number of nitrogens with zero attached hydrogens (tertiary/aromatic N) is 3. The first kappa shape index (κ1) is 23.9. The second kappa shape index (κ2) is 10.4. The van der Waals surface area contributed by atoms with Crippen molar-refractivity contribution in [2.75, 3.05) is 39.3 Å². The maximum absolute atomic E-state index is 12.7. The molecule has 0 spiro atoms. The highest BCUT2D eigenvalue weighted by atomic mass is 16.3. The van der Waals surface area contributed by atoms with Crippen LogP contribution in [0.5, 0.6) is 0 Å². The highest BCUT2D eigenvalue weighted by Crippen LogP contribution is 2.27. The van der Waals surface area contributed by atoms with Crippen LogP contribution in [0, 0.1) is 0 Å². The number of carbonyl (C=O) groups excluding carboxylic acids is 1. The Bertz CT molecular complexity index is 924. The van der Waals surface area contributed by atoms with Crippen molar-refractivity contribution in [3.8, 4) is 0 Å². The molecule has 5 heteroatoms. The lowest BCUT2D eigenvalue weighted by molar-refractivity contribution is 0.0459. The summed E-state index contributed by atoms with van der Waals surface area (Å²) in [4.78, 5) is 19.6. The summed E-state index contributed by atoms with van der Waals surface area (Å²) in [5, 5.41) is 11.1. The molecule has 2 aromatic rings. The van der Waals surface area contributed by atoms with Gasteiger partial charge in [-0.25, -0.2) is 0 Å². The molecule has 0 aromatic heterocycles. The smallest absolute Gasteiger partial charge is 0.253 e. The van der Waals surface area contributed by atoms with Gasteiger partial charge >= 0.3 is 0 Å². The van der Waals surface area contributed by atoms with Crippen LogP contribution in [0.15, 0.2) is 54.6 Å². The molecule has 4 rings (SSSR count). The number of aliphatic hydroxyl groups is 1. The highest BCUT2D eigenvalue weighted by Gasteiger charge is 2.37. The fourth-order valence-electron chi connectivity index (χ4n) is 5.32. The highest BCUT2D eigenvalue weighted by molar-refractivity contribution is 5.94. The largest absolute Gasteiger partial charge is 0.388 e. The van der Waals surface area contributed by atoms with Crippen LogP contribution in [0.4, 0.5) is 0 Å². The Kier molecular flexibility index (Phi) is 7.52. The zero-order chi connectivity index (χ0) is 23.4. The van der Waals surface area contributed by atoms with Crippen LogP contribution in [-0.2, 0) is 12.8 Å². The Morgan fingerprint density at radius 3 is 2.27 bits per heavy atom. The average molecular weight is 450 g/mol. The molecule has 2 aromatic carbocycles. The summed E-state index contributed by atoms with van der Waals surface area (Å²) in [6, 6.07) is 19.2. The second-order valence-corrected chi connectivity index (χ2v) is 10.3. The summed E-state index contributed by atoms with van der Waals surface area (Å²) in [7, 11) is 0. The minimum absolute atomic E-state index is 0.136. The van der Waals surface area contributed by atoms with Gasteiger partial charge in [-0.2, -0.15) is 0 Å². The molecule has 1 N–H and O–H groups in total. The first-order valence-corrected chi connectivity index (χ1v) is 12.5. The van der Waals surface area contributed by atoms with E-state index >= 15 is 0 Å². The molecule has 1 amide bonds. The maximum Gasteiger partial charge on any atom is 0.253 e. The predicted molar refractivity (Wildman–Crippen MR) is 134 cm³/mol. The number of β-amino-alcohol motifs (C(OH)–C–C–N with tert-alkyl or cyclic N) is 1. The fraction of sp³-hybridized carbons (Fsp3) is 0.536. The third kappa shape index (κ3) is 6.03. The average Bonchev–Trinajstić information content (AvgIpc) is 3.21. The number of hydrogen-bond donors (Lipinski definition) is 1. The van der Waals surface area contributed by atoms with Crippen molar-refractivity contribution in [1.82, 2.24) is 14.7 Å². The molecule has 2 unspecified atom stereocenters. The van der Waals surface area contributed by atoms with Gasteiger partial charge in [-0.3, -0.25) is 14.6 Å². The van der Waals surface area contributed by atoms with Gasteiger partial charge in [0, 0.05) is 63.3 Å². The molecule has 2 atom stereocenters. The molecule has 0 saturated carbocycles. The van der Waals surface area contributed by atoms with Gasteiger partial charge < -0.3 is 10.0 Å². The van der Waals surface area contributed by atoms with Crippen molar-refractivity contribution in [2.45, 2.75) is 57.7 Å². The molecule has 33 heavy (non-hydrogen) atoms. The molecule has 2 saturated heterocycles. The number of rotatable bonds is 7. The lowest BCUT2D eigenvalue weighted by atomic mass is 9.92. The van der Waals surface area contributed by atoms with Crippen LogP contribution >= 0.6 is 0 Å². The van der Waals surface area contributed by atoms with E-state index in [2.05, 4.69) is 54.8 Å². The molecule has 2 aliphatic heterocycles. The SMILES string of the molecule is CC(C)N1CCC(O)(Cc2cccc(CC(C)N3CCN(C(=O)c4ccccc4)CC3)c2)C1. The summed E-state index contributed by atoms with van der Waals surface area (Å²) in [5.41, 5.74) is 2.71. The molecule has 0 radical (unpaired) electrons. The molecule has 2 fully saturated rings. The molecule has 5 nitrogen and oxygen atoms in total. The van der Waals surface area contributed by atoms with Crippen molar-refractivity contribution in [3.05, 3.63) is 71.3 Å². The quantitative estimate of drug-likeness (QED) is 0.703. The van der Waals surface area contributed by atoms with Crippen LogP contribution in [0.25, 0.3) is 0 Å². The van der Waals surface area contributed by atoms with E-state index in [0.717, 1.165) is 64.1 Å². The third-order valence-corrected chi connectivity index (χ3v) is 7.39. The van der Waals surface area contributed by atoms with Gasteiger partial charge in [0.05, 0.1) is 5.60 Å². The molecular weight excluding hydrogens is 410 g/mol. The molecule has 0 aliphatic carbocycles. The first-order chi connectivity index (χ1) is 15.8. The van der Waals surface area contributed by atoms with Crippen LogP contribution in [0.1, 0.15) is 48.7 Å². The van der Waals surface area contributed by atoms with Crippen LogP contribution < -0.4 is 0 Å². The number of benzene rings is 2. The van der Waals surface area contributed by atoms with E-state index in [9.17, 15) is 9.90 Å². The van der Waals surface area contributed by atoms with Gasteiger partial charge in [-0.1, -0.05) is 42.5 Å². The zero-order valence-corrected chi connectivity index (χ0v) is 20.4. The molecule has 2 heterocycles. The van der Waals surface area contributed by atoms with Crippen molar-refractivity contribution in [1.29, 1.82) is 0 Å². The summed E-state index contributed by atoms with van der Waals surface area (Å²) < 4.78 is 0. The lowest BCUT2D eigenvalue weighted by Gasteiger charge is -2.38. The minimum atomic E-state index is -0.615.